The van der Waals surface area contributed by atoms with Crippen molar-refractivity contribution in [2.45, 2.75) is 5.92 Å². The van der Waals surface area contributed by atoms with Gasteiger partial charge in [-0.05, 0) is 29.8 Å². The molecule has 2 aromatic carbocycles. The lowest BCUT2D eigenvalue weighted by molar-refractivity contribution is 0.627. The predicted octanol–water partition coefficient (Wildman–Crippen LogP) is 2.89. The van der Waals surface area contributed by atoms with E-state index >= 15 is 0 Å². The number of nitriles is 2. The number of hydrogen-bond acceptors (Lipinski definition) is 5. The number of halogens is 3. The summed E-state index contributed by atoms with van der Waals surface area (Å²) in [6.07, 6.45) is 0. The number of nitrogens with one attached hydrogen (secondary N) is 1. The molecule has 0 aliphatic carbocycles. The van der Waals surface area contributed by atoms with E-state index in [4.69, 9.17) is 28.5 Å². The van der Waals surface area contributed by atoms with Crippen LogP contribution in [0.2, 0.25) is 10.0 Å². The Labute approximate surface area is 166 Å². The molecule has 1 atom stereocenters. The topological polar surface area (TPSA) is 115 Å². The minimum atomic E-state index is -0.918. The van der Waals surface area contributed by atoms with E-state index in [-0.39, 0.29) is 21.3 Å². The van der Waals surface area contributed by atoms with E-state index in [0.29, 0.717) is 5.56 Å². The van der Waals surface area contributed by atoms with Gasteiger partial charge in [0.05, 0.1) is 17.7 Å². The van der Waals surface area contributed by atoms with Crippen molar-refractivity contribution in [3.8, 4) is 17.8 Å². The summed E-state index contributed by atoms with van der Waals surface area (Å²) in [6.45, 7) is 0. The summed E-state index contributed by atoms with van der Waals surface area (Å²) in [5.74, 6) is -1.34. The van der Waals surface area contributed by atoms with E-state index in [0.717, 1.165) is 4.68 Å². The van der Waals surface area contributed by atoms with E-state index in [1.165, 1.54) is 36.4 Å². The Kier molecular flexibility index (Phi) is 5.27. The first kappa shape index (κ1) is 19.3. The number of benzene rings is 2. The first-order valence-corrected chi connectivity index (χ1v) is 8.39. The second-order valence-electron chi connectivity index (χ2n) is 5.57. The molecule has 138 valence electrons. The maximum absolute atomic E-state index is 13.2. The zero-order valence-corrected chi connectivity index (χ0v) is 15.3. The van der Waals surface area contributed by atoms with Gasteiger partial charge in [-0.1, -0.05) is 35.3 Å². The predicted molar refractivity (Wildman–Crippen MR) is 99.0 cm³/mol. The maximum atomic E-state index is 13.2. The summed E-state index contributed by atoms with van der Waals surface area (Å²) in [5, 5.41) is 22.3. The summed E-state index contributed by atoms with van der Waals surface area (Å²) >= 11 is 12.6. The third kappa shape index (κ3) is 3.52. The SMILES string of the molecule is N#Cc1nn(-c2cc(Cl)c(C(C#N)c3ccc(F)cc3)c(Cl)c2)c(=O)[nH]c1=O. The van der Waals surface area contributed by atoms with Crippen LogP contribution in [0.4, 0.5) is 4.39 Å². The van der Waals surface area contributed by atoms with Gasteiger partial charge in [0, 0.05) is 15.6 Å². The van der Waals surface area contributed by atoms with Gasteiger partial charge in [0.15, 0.2) is 0 Å². The fourth-order valence-electron chi connectivity index (χ4n) is 2.58. The molecule has 3 rings (SSSR count). The number of hydrogen-bond donors (Lipinski definition) is 1. The van der Waals surface area contributed by atoms with Gasteiger partial charge in [0.25, 0.3) is 5.56 Å². The van der Waals surface area contributed by atoms with E-state index in [1.807, 2.05) is 4.98 Å². The van der Waals surface area contributed by atoms with Crippen molar-refractivity contribution < 1.29 is 4.39 Å². The number of aromatic amines is 1. The molecular formula is C18H8Cl2FN5O2. The highest BCUT2D eigenvalue weighted by Gasteiger charge is 2.22. The molecule has 1 N–H and O–H groups in total. The van der Waals surface area contributed by atoms with Crippen LogP contribution in [0.1, 0.15) is 22.7 Å². The lowest BCUT2D eigenvalue weighted by Crippen LogP contribution is -2.33. The first-order chi connectivity index (χ1) is 13.3. The molecule has 0 saturated carbocycles. The highest BCUT2D eigenvalue weighted by Crippen LogP contribution is 2.37. The highest BCUT2D eigenvalue weighted by atomic mass is 35.5. The van der Waals surface area contributed by atoms with Crippen molar-refractivity contribution in [1.29, 1.82) is 10.5 Å². The molecule has 0 saturated heterocycles. The highest BCUT2D eigenvalue weighted by molar-refractivity contribution is 6.36. The lowest BCUT2D eigenvalue weighted by atomic mass is 9.92. The third-order valence-electron chi connectivity index (χ3n) is 3.86. The Hall–Kier alpha value is -3.46. The number of aromatic nitrogens is 3. The zero-order chi connectivity index (χ0) is 20.4. The Morgan fingerprint density at radius 3 is 2.25 bits per heavy atom. The average molecular weight is 416 g/mol. The van der Waals surface area contributed by atoms with Crippen molar-refractivity contribution in [1.82, 2.24) is 14.8 Å². The normalized spacial score (nSPS) is 11.5. The van der Waals surface area contributed by atoms with Crippen molar-refractivity contribution >= 4 is 23.2 Å². The summed E-state index contributed by atoms with van der Waals surface area (Å²) in [5.41, 5.74) is -1.49. The monoisotopic (exact) mass is 415 g/mol. The molecule has 1 heterocycles. The van der Waals surface area contributed by atoms with Gasteiger partial charge in [-0.2, -0.15) is 15.2 Å². The molecule has 0 spiro atoms. The fraction of sp³-hybridized carbons (Fsp3) is 0.0556. The van der Waals surface area contributed by atoms with Gasteiger partial charge >= 0.3 is 5.69 Å². The van der Waals surface area contributed by atoms with E-state index in [1.54, 1.807) is 6.07 Å². The Morgan fingerprint density at radius 1 is 1.11 bits per heavy atom. The minimum Gasteiger partial charge on any atom is -0.270 e. The largest absolute Gasteiger partial charge is 0.349 e. The third-order valence-corrected chi connectivity index (χ3v) is 4.49. The average Bonchev–Trinajstić information content (AvgIpc) is 2.65. The Morgan fingerprint density at radius 2 is 1.71 bits per heavy atom. The minimum absolute atomic E-state index is 0.0526. The quantitative estimate of drug-likeness (QED) is 0.705. The van der Waals surface area contributed by atoms with Crippen molar-refractivity contribution in [3.63, 3.8) is 0 Å². The molecule has 0 bridgehead atoms. The van der Waals surface area contributed by atoms with Crippen LogP contribution in [-0.2, 0) is 0 Å². The molecule has 3 aromatic rings. The molecule has 1 unspecified atom stereocenters. The van der Waals surface area contributed by atoms with Crippen LogP contribution in [0.15, 0.2) is 46.0 Å². The van der Waals surface area contributed by atoms with Crippen LogP contribution in [0.25, 0.3) is 5.69 Å². The molecule has 0 aliphatic heterocycles. The van der Waals surface area contributed by atoms with Crippen molar-refractivity contribution in [2.75, 3.05) is 0 Å². The first-order valence-electron chi connectivity index (χ1n) is 7.64. The van der Waals surface area contributed by atoms with Crippen LogP contribution in [0, 0.1) is 28.5 Å². The van der Waals surface area contributed by atoms with E-state index < -0.39 is 28.7 Å². The molecule has 10 heteroatoms. The summed E-state index contributed by atoms with van der Waals surface area (Å²) < 4.78 is 13.9. The second-order valence-corrected chi connectivity index (χ2v) is 6.38. The van der Waals surface area contributed by atoms with Crippen LogP contribution in [0.5, 0.6) is 0 Å². The lowest BCUT2D eigenvalue weighted by Gasteiger charge is -2.15. The van der Waals surface area contributed by atoms with Crippen molar-refractivity contribution in [2.24, 2.45) is 0 Å². The van der Waals surface area contributed by atoms with Gasteiger partial charge in [-0.25, -0.2) is 9.18 Å². The van der Waals surface area contributed by atoms with Crippen LogP contribution < -0.4 is 11.2 Å². The molecule has 0 aliphatic rings. The molecule has 0 fully saturated rings. The molecule has 0 radical (unpaired) electrons. The summed E-state index contributed by atoms with van der Waals surface area (Å²) in [6, 6.07) is 11.6. The van der Waals surface area contributed by atoms with Gasteiger partial charge < -0.3 is 0 Å². The van der Waals surface area contributed by atoms with Gasteiger partial charge in [-0.15, -0.1) is 5.10 Å². The Balaban J connectivity index is 2.16. The maximum Gasteiger partial charge on any atom is 0.349 e. The smallest absolute Gasteiger partial charge is 0.270 e. The fourth-order valence-corrected chi connectivity index (χ4v) is 3.27. The number of rotatable bonds is 3. The molecule has 28 heavy (non-hydrogen) atoms. The van der Waals surface area contributed by atoms with Crippen LogP contribution in [0.3, 0.4) is 0 Å². The molecular weight excluding hydrogens is 408 g/mol. The van der Waals surface area contributed by atoms with Crippen molar-refractivity contribution in [3.05, 3.63) is 89.9 Å². The van der Waals surface area contributed by atoms with E-state index in [9.17, 15) is 19.2 Å². The van der Waals surface area contributed by atoms with Gasteiger partial charge in [0.2, 0.25) is 5.69 Å². The van der Waals surface area contributed by atoms with Gasteiger partial charge in [-0.3, -0.25) is 9.78 Å². The molecule has 7 nitrogen and oxygen atoms in total. The molecule has 0 amide bonds. The summed E-state index contributed by atoms with van der Waals surface area (Å²) in [4.78, 5) is 25.5. The standard InChI is InChI=1S/C18H8Cl2FN5O2/c19-13-5-11(26-18(28)24-17(27)15(8-23)25-26)6-14(20)16(13)12(7-22)9-1-3-10(21)4-2-9/h1-6,12H,(H,24,27,28). The van der Waals surface area contributed by atoms with Crippen LogP contribution >= 0.6 is 23.2 Å². The second kappa shape index (κ2) is 7.65. The van der Waals surface area contributed by atoms with E-state index in [2.05, 4.69) is 11.2 Å². The zero-order valence-electron chi connectivity index (χ0n) is 13.8. The van der Waals surface area contributed by atoms with Crippen LogP contribution in [-0.4, -0.2) is 14.8 Å². The number of nitrogens with zero attached hydrogens (tertiary/aromatic N) is 4. The summed E-state index contributed by atoms with van der Waals surface area (Å²) in [7, 11) is 0. The van der Waals surface area contributed by atoms with Gasteiger partial charge in [0.1, 0.15) is 11.9 Å². The number of H-pyrrole nitrogens is 1. The molecule has 1 aromatic heterocycles. The Bertz CT molecular complexity index is 1250.